The molecule has 0 spiro atoms. The molecule has 1 aromatic carbocycles. The summed E-state index contributed by atoms with van der Waals surface area (Å²) in [7, 11) is 1.50. The summed E-state index contributed by atoms with van der Waals surface area (Å²) in [6.45, 7) is 0.104. The predicted octanol–water partition coefficient (Wildman–Crippen LogP) is 3.65. The van der Waals surface area contributed by atoms with Crippen molar-refractivity contribution in [1.82, 2.24) is 19.7 Å². The summed E-state index contributed by atoms with van der Waals surface area (Å²) < 4.78 is 8.75. The van der Waals surface area contributed by atoms with E-state index in [9.17, 15) is 9.59 Å². The predicted molar refractivity (Wildman–Crippen MR) is 118 cm³/mol. The molecule has 2 amide bonds. The number of methoxy groups -OCH3 is 1. The standard InChI is InChI=1S/C22H24ClN5O3/c1-31-20-11-19(27-8-4-5-9-27)18(23)10-17(20)22(30)26-16-12-24-28(13-16)14-21(29)25-15-6-2-3-7-15/h4-5,8-13,15H,2-3,6-7,14H2,1H3,(H,25,29)(H,26,30). The van der Waals surface area contributed by atoms with Gasteiger partial charge in [-0.3, -0.25) is 14.3 Å². The third-order valence-corrected chi connectivity index (χ3v) is 5.62. The molecule has 0 unspecified atom stereocenters. The van der Waals surface area contributed by atoms with E-state index in [0.717, 1.165) is 25.7 Å². The number of amides is 2. The van der Waals surface area contributed by atoms with Crippen molar-refractivity contribution in [3.63, 3.8) is 0 Å². The molecule has 8 nitrogen and oxygen atoms in total. The summed E-state index contributed by atoms with van der Waals surface area (Å²) >= 11 is 6.41. The summed E-state index contributed by atoms with van der Waals surface area (Å²) in [6, 6.07) is 7.32. The van der Waals surface area contributed by atoms with Gasteiger partial charge in [-0.2, -0.15) is 5.10 Å². The van der Waals surface area contributed by atoms with E-state index in [-0.39, 0.29) is 24.4 Å². The molecule has 162 valence electrons. The fraction of sp³-hybridized carbons (Fsp3) is 0.318. The van der Waals surface area contributed by atoms with E-state index >= 15 is 0 Å². The van der Waals surface area contributed by atoms with Crippen LogP contribution < -0.4 is 15.4 Å². The van der Waals surface area contributed by atoms with Gasteiger partial charge in [-0.25, -0.2) is 0 Å². The van der Waals surface area contributed by atoms with E-state index in [0.29, 0.717) is 27.7 Å². The summed E-state index contributed by atoms with van der Waals surface area (Å²) in [6.07, 6.45) is 11.2. The Labute approximate surface area is 185 Å². The van der Waals surface area contributed by atoms with Crippen LogP contribution in [0.1, 0.15) is 36.0 Å². The molecule has 0 atom stereocenters. The van der Waals surface area contributed by atoms with Crippen LogP contribution in [0.2, 0.25) is 5.02 Å². The topological polar surface area (TPSA) is 90.2 Å². The van der Waals surface area contributed by atoms with Crippen LogP contribution in [0, 0.1) is 0 Å². The van der Waals surface area contributed by atoms with Gasteiger partial charge in [0, 0.05) is 30.7 Å². The van der Waals surface area contributed by atoms with Crippen molar-refractivity contribution in [3.8, 4) is 11.4 Å². The van der Waals surface area contributed by atoms with E-state index in [1.165, 1.54) is 18.0 Å². The zero-order valence-corrected chi connectivity index (χ0v) is 17.9. The number of carbonyl (C=O) groups excluding carboxylic acids is 2. The molecular weight excluding hydrogens is 418 g/mol. The second kappa shape index (κ2) is 9.26. The van der Waals surface area contributed by atoms with E-state index < -0.39 is 0 Å². The van der Waals surface area contributed by atoms with Crippen LogP contribution in [0.4, 0.5) is 5.69 Å². The number of nitrogens with one attached hydrogen (secondary N) is 2. The largest absolute Gasteiger partial charge is 0.496 e. The number of hydrogen-bond donors (Lipinski definition) is 2. The first-order chi connectivity index (χ1) is 15.0. The first-order valence-corrected chi connectivity index (χ1v) is 10.6. The summed E-state index contributed by atoms with van der Waals surface area (Å²) in [5.41, 5.74) is 1.49. The number of anilines is 1. The lowest BCUT2D eigenvalue weighted by Crippen LogP contribution is -2.35. The maximum Gasteiger partial charge on any atom is 0.259 e. The van der Waals surface area contributed by atoms with E-state index in [1.54, 1.807) is 18.3 Å². The molecule has 0 saturated heterocycles. The number of hydrogen-bond acceptors (Lipinski definition) is 4. The zero-order valence-electron chi connectivity index (χ0n) is 17.2. The molecule has 1 saturated carbocycles. The number of ether oxygens (including phenoxy) is 1. The Kier molecular flexibility index (Phi) is 6.27. The van der Waals surface area contributed by atoms with E-state index in [4.69, 9.17) is 16.3 Å². The Morgan fingerprint density at radius 2 is 1.97 bits per heavy atom. The van der Waals surface area contributed by atoms with Crippen LogP contribution in [0.15, 0.2) is 49.1 Å². The molecule has 2 aromatic heterocycles. The van der Waals surface area contributed by atoms with Gasteiger partial charge < -0.3 is 19.9 Å². The zero-order chi connectivity index (χ0) is 21.8. The highest BCUT2D eigenvalue weighted by Crippen LogP contribution is 2.30. The van der Waals surface area contributed by atoms with Crippen molar-refractivity contribution in [1.29, 1.82) is 0 Å². The smallest absolute Gasteiger partial charge is 0.259 e. The van der Waals surface area contributed by atoms with Crippen molar-refractivity contribution in [3.05, 3.63) is 59.6 Å². The third-order valence-electron chi connectivity index (χ3n) is 5.31. The fourth-order valence-corrected chi connectivity index (χ4v) is 4.05. The highest BCUT2D eigenvalue weighted by molar-refractivity contribution is 6.33. The van der Waals surface area contributed by atoms with Crippen LogP contribution in [0.5, 0.6) is 5.75 Å². The Balaban J connectivity index is 1.43. The summed E-state index contributed by atoms with van der Waals surface area (Å²) in [5.74, 6) is -0.0661. The van der Waals surface area contributed by atoms with Gasteiger partial charge in [-0.15, -0.1) is 0 Å². The van der Waals surface area contributed by atoms with E-state index in [2.05, 4.69) is 15.7 Å². The van der Waals surface area contributed by atoms with Crippen molar-refractivity contribution in [2.75, 3.05) is 12.4 Å². The van der Waals surface area contributed by atoms with Gasteiger partial charge in [0.1, 0.15) is 12.3 Å². The number of nitrogens with zero attached hydrogens (tertiary/aromatic N) is 3. The Bertz CT molecular complexity index is 1070. The fourth-order valence-electron chi connectivity index (χ4n) is 3.79. The average Bonchev–Trinajstić information content (AvgIpc) is 3.51. The summed E-state index contributed by atoms with van der Waals surface area (Å²) in [4.78, 5) is 25.0. The molecular formula is C22H24ClN5O3. The Morgan fingerprint density at radius 3 is 2.68 bits per heavy atom. The SMILES string of the molecule is COc1cc(-n2cccc2)c(Cl)cc1C(=O)Nc1cnn(CC(=O)NC2CCCC2)c1. The van der Waals surface area contributed by atoms with Crippen LogP contribution >= 0.6 is 11.6 Å². The lowest BCUT2D eigenvalue weighted by molar-refractivity contribution is -0.122. The maximum absolute atomic E-state index is 12.8. The minimum atomic E-state index is -0.382. The normalized spacial score (nSPS) is 13.9. The minimum absolute atomic E-state index is 0.0815. The molecule has 9 heteroatoms. The number of carbonyl (C=O) groups is 2. The number of benzene rings is 1. The lowest BCUT2D eigenvalue weighted by atomic mass is 10.1. The lowest BCUT2D eigenvalue weighted by Gasteiger charge is -2.13. The van der Waals surface area contributed by atoms with Crippen molar-refractivity contribution < 1.29 is 14.3 Å². The van der Waals surface area contributed by atoms with Crippen molar-refractivity contribution in [2.45, 2.75) is 38.3 Å². The second-order valence-electron chi connectivity index (χ2n) is 7.52. The van der Waals surface area contributed by atoms with Gasteiger partial charge in [-0.1, -0.05) is 24.4 Å². The number of halogens is 1. The molecule has 0 aliphatic heterocycles. The summed E-state index contributed by atoms with van der Waals surface area (Å²) in [5, 5.41) is 10.4. The monoisotopic (exact) mass is 441 g/mol. The second-order valence-corrected chi connectivity index (χ2v) is 7.93. The highest BCUT2D eigenvalue weighted by Gasteiger charge is 2.19. The molecule has 4 rings (SSSR count). The molecule has 31 heavy (non-hydrogen) atoms. The Morgan fingerprint density at radius 1 is 1.23 bits per heavy atom. The van der Waals surface area contributed by atoms with Gasteiger partial charge in [0.05, 0.1) is 35.3 Å². The molecule has 1 fully saturated rings. The molecule has 0 bridgehead atoms. The number of aromatic nitrogens is 3. The van der Waals surface area contributed by atoms with Gasteiger partial charge in [0.15, 0.2) is 0 Å². The highest BCUT2D eigenvalue weighted by atomic mass is 35.5. The first kappa shape index (κ1) is 21.0. The van der Waals surface area contributed by atoms with Crippen LogP contribution in [0.3, 0.4) is 0 Å². The quantitative estimate of drug-likeness (QED) is 0.585. The molecule has 3 aromatic rings. The minimum Gasteiger partial charge on any atom is -0.496 e. The first-order valence-electron chi connectivity index (χ1n) is 10.2. The van der Waals surface area contributed by atoms with E-state index in [1.807, 2.05) is 29.1 Å². The van der Waals surface area contributed by atoms with Gasteiger partial charge in [-0.05, 0) is 31.0 Å². The average molecular weight is 442 g/mol. The molecule has 2 heterocycles. The van der Waals surface area contributed by atoms with Crippen molar-refractivity contribution >= 4 is 29.1 Å². The number of rotatable bonds is 7. The van der Waals surface area contributed by atoms with Gasteiger partial charge >= 0.3 is 0 Å². The van der Waals surface area contributed by atoms with Gasteiger partial charge in [0.25, 0.3) is 5.91 Å². The Hall–Kier alpha value is -3.26. The molecule has 1 aliphatic carbocycles. The van der Waals surface area contributed by atoms with Crippen LogP contribution in [0.25, 0.3) is 5.69 Å². The molecule has 0 radical (unpaired) electrons. The van der Waals surface area contributed by atoms with Gasteiger partial charge in [0.2, 0.25) is 5.91 Å². The molecule has 2 N–H and O–H groups in total. The van der Waals surface area contributed by atoms with Crippen LogP contribution in [-0.4, -0.2) is 39.3 Å². The molecule has 1 aliphatic rings. The van der Waals surface area contributed by atoms with Crippen molar-refractivity contribution in [2.24, 2.45) is 0 Å². The third kappa shape index (κ3) is 4.91. The van der Waals surface area contributed by atoms with Crippen LogP contribution in [-0.2, 0) is 11.3 Å². The maximum atomic E-state index is 12.8.